The highest BCUT2D eigenvalue weighted by Gasteiger charge is 2.67. The zero-order valence-electron chi connectivity index (χ0n) is 13.7. The van der Waals surface area contributed by atoms with Crippen LogP contribution in [0.1, 0.15) is 27.2 Å². The third kappa shape index (κ3) is 7.51. The maximum absolute atomic E-state index is 13.5. The summed E-state index contributed by atoms with van der Waals surface area (Å²) >= 11 is 0. The van der Waals surface area contributed by atoms with Crippen LogP contribution in [-0.4, -0.2) is 61.9 Å². The smallest absolute Gasteiger partial charge is 0.380 e. The van der Waals surface area contributed by atoms with Gasteiger partial charge in [0, 0.05) is 13.2 Å². The van der Waals surface area contributed by atoms with Crippen molar-refractivity contribution >= 4 is 0 Å². The minimum absolute atomic E-state index is 0.312. The van der Waals surface area contributed by atoms with Crippen LogP contribution >= 0.6 is 0 Å². The number of halogens is 6. The molecule has 0 saturated heterocycles. The van der Waals surface area contributed by atoms with Gasteiger partial charge < -0.3 is 19.3 Å². The van der Waals surface area contributed by atoms with Crippen LogP contribution in [0.3, 0.4) is 0 Å². The van der Waals surface area contributed by atoms with Crippen molar-refractivity contribution in [2.75, 3.05) is 33.1 Å². The van der Waals surface area contributed by atoms with Crippen LogP contribution in [0.4, 0.5) is 26.3 Å². The number of hydrogen-bond acceptors (Lipinski definition) is 5. The Kier molecular flexibility index (Phi) is 8.94. The van der Waals surface area contributed by atoms with Gasteiger partial charge in [-0.15, -0.1) is 0 Å². The van der Waals surface area contributed by atoms with Gasteiger partial charge in [0.05, 0.1) is 13.3 Å². The summed E-state index contributed by atoms with van der Waals surface area (Å²) in [6, 6.07) is 0. The zero-order chi connectivity index (χ0) is 19.1. The number of hydrogen-bond donors (Lipinski definition) is 2. The maximum Gasteiger partial charge on any atom is 0.419 e. The molecule has 0 aromatic carbocycles. The van der Waals surface area contributed by atoms with Crippen molar-refractivity contribution in [3.8, 4) is 0 Å². The van der Waals surface area contributed by atoms with E-state index in [2.05, 4.69) is 14.8 Å². The molecule has 0 fully saturated rings. The maximum atomic E-state index is 13.5. The summed E-state index contributed by atoms with van der Waals surface area (Å²) in [6.07, 6.45) is -8.96. The number of ether oxygens (including phenoxy) is 3. The van der Waals surface area contributed by atoms with Crippen molar-refractivity contribution in [3.05, 3.63) is 0 Å². The standard InChI is InChI=1S/C13H23F6NO4/c1-4-6-22-7-5-20-9-23-8-11(14,15)24-10(2,3)12(16,17)13(18,19)21/h20-21H,4-9H2,1-3H3. The average molecular weight is 371 g/mol. The normalized spacial score (nSPS) is 14.2. The highest BCUT2D eigenvalue weighted by molar-refractivity contribution is 4.93. The van der Waals surface area contributed by atoms with Crippen molar-refractivity contribution in [2.24, 2.45) is 0 Å². The van der Waals surface area contributed by atoms with Gasteiger partial charge in [-0.1, -0.05) is 6.92 Å². The summed E-state index contributed by atoms with van der Waals surface area (Å²) in [6.45, 7) is 1.95. The van der Waals surface area contributed by atoms with Crippen LogP contribution in [0.5, 0.6) is 0 Å². The molecule has 11 heteroatoms. The molecular weight excluding hydrogens is 348 g/mol. The number of aliphatic hydroxyl groups is 1. The molecule has 5 nitrogen and oxygen atoms in total. The van der Waals surface area contributed by atoms with E-state index < -0.39 is 30.3 Å². The number of rotatable bonds is 13. The number of nitrogens with one attached hydrogen (secondary N) is 1. The molecule has 0 aliphatic rings. The predicted octanol–water partition coefficient (Wildman–Crippen LogP) is 2.59. The summed E-state index contributed by atoms with van der Waals surface area (Å²) in [7, 11) is 0. The largest absolute Gasteiger partial charge is 0.419 e. The lowest BCUT2D eigenvalue weighted by atomic mass is 9.99. The molecule has 0 atom stereocenters. The second-order valence-electron chi connectivity index (χ2n) is 5.47. The first-order valence-electron chi connectivity index (χ1n) is 7.19. The molecule has 0 aromatic rings. The van der Waals surface area contributed by atoms with Gasteiger partial charge in [-0.05, 0) is 20.3 Å². The van der Waals surface area contributed by atoms with Crippen LogP contribution in [0.25, 0.3) is 0 Å². The van der Waals surface area contributed by atoms with Gasteiger partial charge in [-0.25, -0.2) is 0 Å². The summed E-state index contributed by atoms with van der Waals surface area (Å²) in [5, 5.41) is 10.7. The minimum Gasteiger partial charge on any atom is -0.380 e. The van der Waals surface area contributed by atoms with Gasteiger partial charge in [0.25, 0.3) is 0 Å². The Bertz CT molecular complexity index is 363. The molecule has 146 valence electrons. The van der Waals surface area contributed by atoms with Crippen molar-refractivity contribution in [2.45, 2.75) is 50.9 Å². The summed E-state index contributed by atoms with van der Waals surface area (Å²) in [5.74, 6) is -5.24. The molecule has 0 aromatic heterocycles. The Morgan fingerprint density at radius 1 is 0.958 bits per heavy atom. The van der Waals surface area contributed by atoms with Crippen molar-refractivity contribution in [1.29, 1.82) is 0 Å². The SMILES string of the molecule is CCCOCCNCOCC(F)(F)OC(C)(C)C(F)(F)C(O)(F)F. The molecule has 0 aliphatic heterocycles. The molecule has 0 saturated carbocycles. The van der Waals surface area contributed by atoms with E-state index in [1.807, 2.05) is 6.92 Å². The molecule has 0 bridgehead atoms. The van der Waals surface area contributed by atoms with E-state index in [0.717, 1.165) is 6.42 Å². The molecule has 0 aliphatic carbocycles. The van der Waals surface area contributed by atoms with Crippen LogP contribution in [0.15, 0.2) is 0 Å². The van der Waals surface area contributed by atoms with E-state index in [4.69, 9.17) is 9.84 Å². The summed E-state index contributed by atoms with van der Waals surface area (Å²) in [4.78, 5) is 0. The van der Waals surface area contributed by atoms with E-state index >= 15 is 0 Å². The fourth-order valence-electron chi connectivity index (χ4n) is 1.53. The topological polar surface area (TPSA) is 60.0 Å². The second-order valence-corrected chi connectivity index (χ2v) is 5.47. The summed E-state index contributed by atoms with van der Waals surface area (Å²) < 4.78 is 91.9. The second kappa shape index (κ2) is 9.18. The molecule has 0 unspecified atom stereocenters. The van der Waals surface area contributed by atoms with Crippen LogP contribution in [-0.2, 0) is 14.2 Å². The first-order chi connectivity index (χ1) is 10.8. The average Bonchev–Trinajstić information content (AvgIpc) is 2.39. The third-order valence-corrected chi connectivity index (χ3v) is 2.78. The summed E-state index contributed by atoms with van der Waals surface area (Å²) in [5.41, 5.74) is -3.35. The van der Waals surface area contributed by atoms with E-state index in [-0.39, 0.29) is 6.73 Å². The van der Waals surface area contributed by atoms with Gasteiger partial charge >= 0.3 is 18.1 Å². The highest BCUT2D eigenvalue weighted by Crippen LogP contribution is 2.44. The minimum atomic E-state index is -5.52. The van der Waals surface area contributed by atoms with E-state index in [0.29, 0.717) is 33.6 Å². The van der Waals surface area contributed by atoms with Crippen molar-refractivity contribution in [1.82, 2.24) is 5.32 Å². The van der Waals surface area contributed by atoms with Crippen molar-refractivity contribution < 1.29 is 45.7 Å². The van der Waals surface area contributed by atoms with E-state index in [1.165, 1.54) is 0 Å². The lowest BCUT2D eigenvalue weighted by Crippen LogP contribution is -2.59. The highest BCUT2D eigenvalue weighted by atomic mass is 19.3. The number of alkyl halides is 6. The Morgan fingerprint density at radius 3 is 2.04 bits per heavy atom. The Morgan fingerprint density at radius 2 is 1.54 bits per heavy atom. The van der Waals surface area contributed by atoms with Crippen LogP contribution in [0.2, 0.25) is 0 Å². The lowest BCUT2D eigenvalue weighted by Gasteiger charge is -2.38. The molecule has 0 amide bonds. The van der Waals surface area contributed by atoms with E-state index in [9.17, 15) is 26.3 Å². The van der Waals surface area contributed by atoms with Gasteiger partial charge in [0.1, 0.15) is 12.2 Å². The third-order valence-electron chi connectivity index (χ3n) is 2.78. The van der Waals surface area contributed by atoms with Gasteiger partial charge in [0.15, 0.2) is 0 Å². The Balaban J connectivity index is 4.29. The Hall–Kier alpha value is -0.620. The van der Waals surface area contributed by atoms with E-state index in [1.54, 1.807) is 0 Å². The molecule has 0 heterocycles. The molecule has 0 radical (unpaired) electrons. The molecule has 2 N–H and O–H groups in total. The first kappa shape index (κ1) is 23.4. The fourth-order valence-corrected chi connectivity index (χ4v) is 1.53. The zero-order valence-corrected chi connectivity index (χ0v) is 13.7. The van der Waals surface area contributed by atoms with Crippen LogP contribution < -0.4 is 5.32 Å². The molecular formula is C13H23F6NO4. The van der Waals surface area contributed by atoms with Gasteiger partial charge in [-0.2, -0.15) is 26.3 Å². The van der Waals surface area contributed by atoms with Gasteiger partial charge in [0.2, 0.25) is 0 Å². The first-order valence-corrected chi connectivity index (χ1v) is 7.19. The monoisotopic (exact) mass is 371 g/mol. The quantitative estimate of drug-likeness (QED) is 0.296. The molecule has 0 rings (SSSR count). The fraction of sp³-hybridized carbons (Fsp3) is 1.00. The molecule has 24 heavy (non-hydrogen) atoms. The van der Waals surface area contributed by atoms with Crippen LogP contribution in [0, 0.1) is 0 Å². The van der Waals surface area contributed by atoms with Gasteiger partial charge in [-0.3, -0.25) is 5.32 Å². The van der Waals surface area contributed by atoms with Crippen molar-refractivity contribution in [3.63, 3.8) is 0 Å². The molecule has 0 spiro atoms. The predicted molar refractivity (Wildman–Crippen MR) is 72.2 cm³/mol. The Labute approximate surface area is 136 Å². The lowest BCUT2D eigenvalue weighted by molar-refractivity contribution is -0.412.